The van der Waals surface area contributed by atoms with Crippen LogP contribution in [0.3, 0.4) is 0 Å². The molecular formula is C34H26N4O2. The number of hydrogen-bond acceptors (Lipinski definition) is 5. The normalized spacial score (nSPS) is 11.3. The maximum absolute atomic E-state index is 10.5. The minimum atomic E-state index is 0.117. The number of aromatic nitrogens is 3. The van der Waals surface area contributed by atoms with Crippen LogP contribution in [0.25, 0.3) is 49.7 Å². The lowest BCUT2D eigenvalue weighted by Gasteiger charge is -2.16. The van der Waals surface area contributed by atoms with Crippen molar-refractivity contribution in [2.75, 3.05) is 19.0 Å². The summed E-state index contributed by atoms with van der Waals surface area (Å²) in [6, 6.07) is 36.2. The minimum Gasteiger partial charge on any atom is -0.506 e. The molecule has 0 radical (unpaired) electrons. The van der Waals surface area contributed by atoms with Crippen molar-refractivity contribution in [3.05, 3.63) is 115 Å². The molecule has 0 spiro atoms. The fourth-order valence-corrected chi connectivity index (χ4v) is 5.35. The van der Waals surface area contributed by atoms with E-state index in [1.807, 2.05) is 85.9 Å². The highest BCUT2D eigenvalue weighted by Gasteiger charge is 2.16. The van der Waals surface area contributed by atoms with Gasteiger partial charge in [0.05, 0.1) is 11.0 Å². The summed E-state index contributed by atoms with van der Waals surface area (Å²) < 4.78 is 8.43. The summed E-state index contributed by atoms with van der Waals surface area (Å²) in [4.78, 5) is 11.4. The molecule has 40 heavy (non-hydrogen) atoms. The van der Waals surface area contributed by atoms with E-state index in [4.69, 9.17) is 9.72 Å². The SMILES string of the molecule is CN(C)c1ccc(O)c2nc(Oc3ccc4c5ccccc5n(-c5cc(-c6ccccc6)ccn5)c4c3)ccc12. The number of nitrogens with zero attached hydrogens (tertiary/aromatic N) is 4. The topological polar surface area (TPSA) is 63.4 Å². The number of fused-ring (bicyclic) bond motifs is 4. The van der Waals surface area contributed by atoms with E-state index in [0.717, 1.165) is 49.8 Å². The summed E-state index contributed by atoms with van der Waals surface area (Å²) in [7, 11) is 3.93. The van der Waals surface area contributed by atoms with E-state index >= 15 is 0 Å². The molecule has 0 saturated heterocycles. The van der Waals surface area contributed by atoms with Crippen LogP contribution in [-0.2, 0) is 0 Å². The molecule has 0 amide bonds. The van der Waals surface area contributed by atoms with Gasteiger partial charge in [-0.25, -0.2) is 9.97 Å². The van der Waals surface area contributed by atoms with Gasteiger partial charge < -0.3 is 14.7 Å². The second kappa shape index (κ2) is 9.43. The van der Waals surface area contributed by atoms with Gasteiger partial charge in [0.1, 0.15) is 22.8 Å². The van der Waals surface area contributed by atoms with Crippen LogP contribution in [0, 0.1) is 0 Å². The van der Waals surface area contributed by atoms with Gasteiger partial charge in [0.2, 0.25) is 5.88 Å². The lowest BCUT2D eigenvalue weighted by molar-refractivity contribution is 0.460. The quantitative estimate of drug-likeness (QED) is 0.248. The van der Waals surface area contributed by atoms with Crippen molar-refractivity contribution in [2.24, 2.45) is 0 Å². The monoisotopic (exact) mass is 522 g/mol. The zero-order valence-electron chi connectivity index (χ0n) is 22.1. The molecule has 7 rings (SSSR count). The Kier molecular flexibility index (Phi) is 5.60. The van der Waals surface area contributed by atoms with Crippen molar-refractivity contribution < 1.29 is 9.84 Å². The van der Waals surface area contributed by atoms with Gasteiger partial charge in [-0.05, 0) is 59.7 Å². The summed E-state index contributed by atoms with van der Waals surface area (Å²) in [5, 5.41) is 13.6. The molecule has 0 aliphatic heterocycles. The molecule has 0 fully saturated rings. The molecule has 0 atom stereocenters. The number of phenolic OH excluding ortho intramolecular Hbond substituents is 1. The van der Waals surface area contributed by atoms with E-state index in [1.54, 1.807) is 6.07 Å². The third-order valence-electron chi connectivity index (χ3n) is 7.22. The van der Waals surface area contributed by atoms with E-state index in [1.165, 1.54) is 0 Å². The Morgan fingerprint density at radius 2 is 1.48 bits per heavy atom. The van der Waals surface area contributed by atoms with E-state index in [0.29, 0.717) is 17.1 Å². The number of benzene rings is 4. The lowest BCUT2D eigenvalue weighted by atomic mass is 10.1. The fourth-order valence-electron chi connectivity index (χ4n) is 5.35. The summed E-state index contributed by atoms with van der Waals surface area (Å²) >= 11 is 0. The van der Waals surface area contributed by atoms with Crippen molar-refractivity contribution in [2.45, 2.75) is 0 Å². The molecule has 4 aromatic carbocycles. The number of anilines is 1. The van der Waals surface area contributed by atoms with Gasteiger partial charge in [-0.3, -0.25) is 4.57 Å². The largest absolute Gasteiger partial charge is 0.506 e. The number of pyridine rings is 2. The van der Waals surface area contributed by atoms with Crippen LogP contribution in [0.15, 0.2) is 115 Å². The molecule has 3 heterocycles. The number of phenols is 1. The summed E-state index contributed by atoms with van der Waals surface area (Å²) in [6.45, 7) is 0. The zero-order chi connectivity index (χ0) is 27.2. The van der Waals surface area contributed by atoms with Crippen molar-refractivity contribution in [1.29, 1.82) is 0 Å². The van der Waals surface area contributed by atoms with Gasteiger partial charge in [-0.15, -0.1) is 0 Å². The minimum absolute atomic E-state index is 0.117. The molecule has 0 saturated carbocycles. The van der Waals surface area contributed by atoms with E-state index in [-0.39, 0.29) is 5.75 Å². The first kappa shape index (κ1) is 23.7. The molecule has 3 aromatic heterocycles. The van der Waals surface area contributed by atoms with Crippen molar-refractivity contribution in [1.82, 2.24) is 14.5 Å². The lowest BCUT2D eigenvalue weighted by Crippen LogP contribution is -2.09. The van der Waals surface area contributed by atoms with Crippen LogP contribution < -0.4 is 9.64 Å². The Morgan fingerprint density at radius 1 is 0.700 bits per heavy atom. The number of hydrogen-bond donors (Lipinski definition) is 1. The van der Waals surface area contributed by atoms with Crippen molar-refractivity contribution in [3.8, 4) is 34.3 Å². The summed E-state index contributed by atoms with van der Waals surface area (Å²) in [6.07, 6.45) is 1.85. The molecule has 0 unspecified atom stereocenters. The molecular weight excluding hydrogens is 496 g/mol. The molecule has 0 aliphatic rings. The Morgan fingerprint density at radius 3 is 2.33 bits per heavy atom. The highest BCUT2D eigenvalue weighted by Crippen LogP contribution is 2.37. The molecule has 1 N–H and O–H groups in total. The first-order valence-electron chi connectivity index (χ1n) is 13.1. The second-order valence-corrected chi connectivity index (χ2v) is 9.95. The third kappa shape index (κ3) is 3.98. The van der Waals surface area contributed by atoms with Gasteiger partial charge >= 0.3 is 0 Å². The second-order valence-electron chi connectivity index (χ2n) is 9.95. The maximum atomic E-state index is 10.5. The van der Waals surface area contributed by atoms with Crippen molar-refractivity contribution in [3.63, 3.8) is 0 Å². The fraction of sp³-hybridized carbons (Fsp3) is 0.0588. The van der Waals surface area contributed by atoms with Gasteiger partial charge in [0.15, 0.2) is 0 Å². The molecule has 0 aliphatic carbocycles. The Labute approximate surface area is 231 Å². The number of para-hydroxylation sites is 1. The molecule has 6 nitrogen and oxygen atoms in total. The average Bonchev–Trinajstić information content (AvgIpc) is 3.31. The maximum Gasteiger partial charge on any atom is 0.219 e. The molecule has 6 heteroatoms. The van der Waals surface area contributed by atoms with Gasteiger partial charge in [-0.1, -0.05) is 48.5 Å². The highest BCUT2D eigenvalue weighted by molar-refractivity contribution is 6.09. The zero-order valence-corrected chi connectivity index (χ0v) is 22.1. The van der Waals surface area contributed by atoms with Crippen LogP contribution in [0.1, 0.15) is 0 Å². The summed E-state index contributed by atoms with van der Waals surface area (Å²) in [5.74, 6) is 2.00. The molecule has 194 valence electrons. The third-order valence-corrected chi connectivity index (χ3v) is 7.22. The molecule has 7 aromatic rings. The van der Waals surface area contributed by atoms with E-state index in [9.17, 15) is 5.11 Å². The Hall–Kier alpha value is -5.36. The first-order chi connectivity index (χ1) is 19.6. The predicted molar refractivity (Wildman–Crippen MR) is 162 cm³/mol. The van der Waals surface area contributed by atoms with E-state index in [2.05, 4.69) is 52.0 Å². The average molecular weight is 523 g/mol. The van der Waals surface area contributed by atoms with Crippen LogP contribution >= 0.6 is 0 Å². The van der Waals surface area contributed by atoms with Gasteiger partial charge in [-0.2, -0.15) is 0 Å². The Balaban J connectivity index is 1.35. The van der Waals surface area contributed by atoms with Gasteiger partial charge in [0, 0.05) is 54.3 Å². The van der Waals surface area contributed by atoms with Crippen LogP contribution in [0.5, 0.6) is 17.4 Å². The summed E-state index contributed by atoms with van der Waals surface area (Å²) in [5.41, 5.74) is 5.76. The number of rotatable bonds is 5. The van der Waals surface area contributed by atoms with Crippen LogP contribution in [-0.4, -0.2) is 33.7 Å². The van der Waals surface area contributed by atoms with Crippen molar-refractivity contribution >= 4 is 38.4 Å². The number of ether oxygens (including phenoxy) is 1. The van der Waals surface area contributed by atoms with Crippen LogP contribution in [0.2, 0.25) is 0 Å². The standard InChI is InChI=1S/C34H26N4O2/c1-37(2)28-15-16-31(39)34-27(28)14-17-33(36-34)40-24-12-13-26-25-10-6-7-11-29(25)38(30(26)21-24)32-20-23(18-19-35-32)22-8-4-3-5-9-22/h3-21,39H,1-2H3. The highest BCUT2D eigenvalue weighted by atomic mass is 16.5. The van der Waals surface area contributed by atoms with Gasteiger partial charge in [0.25, 0.3) is 0 Å². The van der Waals surface area contributed by atoms with Crippen LogP contribution in [0.4, 0.5) is 5.69 Å². The Bertz CT molecular complexity index is 2030. The predicted octanol–water partition coefficient (Wildman–Crippen LogP) is 7.96. The number of aromatic hydroxyl groups is 1. The van der Waals surface area contributed by atoms with E-state index < -0.39 is 0 Å². The first-order valence-corrected chi connectivity index (χ1v) is 13.1. The smallest absolute Gasteiger partial charge is 0.219 e. The molecule has 0 bridgehead atoms.